The number of aromatic nitrogens is 3. The molecule has 3 rings (SSSR count). The molecule has 0 N–H and O–H groups in total. The molecule has 124 valence electrons. The van der Waals surface area contributed by atoms with Crippen LogP contribution in [0.3, 0.4) is 0 Å². The van der Waals surface area contributed by atoms with Gasteiger partial charge in [0.15, 0.2) is 0 Å². The number of nitrogens with zero attached hydrogens (tertiary/aromatic N) is 4. The third kappa shape index (κ3) is 3.72. The predicted molar refractivity (Wildman–Crippen MR) is 90.6 cm³/mol. The Balaban J connectivity index is 1.54. The number of aryl methyl sites for hydroxylation is 3. The maximum Gasteiger partial charge on any atom is 0.146 e. The third-order valence-electron chi connectivity index (χ3n) is 4.72. The van der Waals surface area contributed by atoms with E-state index in [1.807, 2.05) is 14.0 Å². The monoisotopic (exact) mass is 314 g/mol. The molecule has 5 nitrogen and oxygen atoms in total. The molecule has 0 radical (unpaired) electrons. The number of hydrogen-bond donors (Lipinski definition) is 0. The molecule has 0 unspecified atom stereocenters. The third-order valence-corrected chi connectivity index (χ3v) is 4.72. The maximum atomic E-state index is 6.23. The highest BCUT2D eigenvalue weighted by atomic mass is 16.5. The van der Waals surface area contributed by atoms with Crippen LogP contribution >= 0.6 is 0 Å². The van der Waals surface area contributed by atoms with Crippen molar-refractivity contribution in [1.29, 1.82) is 0 Å². The summed E-state index contributed by atoms with van der Waals surface area (Å²) in [4.78, 5) is 2.44. The lowest BCUT2D eigenvalue weighted by molar-refractivity contribution is 0.0942. The van der Waals surface area contributed by atoms with Crippen molar-refractivity contribution in [1.82, 2.24) is 19.7 Å². The lowest BCUT2D eigenvalue weighted by Gasteiger charge is -2.32. The zero-order valence-corrected chi connectivity index (χ0v) is 14.5. The largest absolute Gasteiger partial charge is 0.490 e. The quantitative estimate of drug-likeness (QED) is 0.870. The van der Waals surface area contributed by atoms with Crippen molar-refractivity contribution in [2.75, 3.05) is 13.1 Å². The van der Waals surface area contributed by atoms with Crippen LogP contribution in [0.15, 0.2) is 18.2 Å². The van der Waals surface area contributed by atoms with E-state index in [1.54, 1.807) is 0 Å². The van der Waals surface area contributed by atoms with Crippen LogP contribution in [0.4, 0.5) is 0 Å². The fourth-order valence-corrected chi connectivity index (χ4v) is 2.99. The topological polar surface area (TPSA) is 43.2 Å². The highest BCUT2D eigenvalue weighted by molar-refractivity contribution is 5.36. The van der Waals surface area contributed by atoms with E-state index in [2.05, 4.69) is 51.7 Å². The van der Waals surface area contributed by atoms with Gasteiger partial charge < -0.3 is 9.30 Å². The van der Waals surface area contributed by atoms with Crippen molar-refractivity contribution < 1.29 is 4.74 Å². The molecule has 0 amide bonds. The Morgan fingerprint density at radius 3 is 2.52 bits per heavy atom. The Hall–Kier alpha value is -1.88. The minimum Gasteiger partial charge on any atom is -0.490 e. The first-order valence-corrected chi connectivity index (χ1v) is 8.34. The smallest absolute Gasteiger partial charge is 0.146 e. The number of ether oxygens (including phenoxy) is 1. The van der Waals surface area contributed by atoms with E-state index in [9.17, 15) is 0 Å². The fourth-order valence-electron chi connectivity index (χ4n) is 2.99. The second-order valence-corrected chi connectivity index (χ2v) is 6.58. The van der Waals surface area contributed by atoms with Crippen molar-refractivity contribution in [3.05, 3.63) is 41.0 Å². The van der Waals surface area contributed by atoms with Crippen LogP contribution < -0.4 is 4.74 Å². The lowest BCUT2D eigenvalue weighted by Crippen LogP contribution is -2.38. The molecule has 1 aromatic carbocycles. The van der Waals surface area contributed by atoms with E-state index >= 15 is 0 Å². The second-order valence-electron chi connectivity index (χ2n) is 6.58. The van der Waals surface area contributed by atoms with Crippen molar-refractivity contribution >= 4 is 0 Å². The summed E-state index contributed by atoms with van der Waals surface area (Å²) in [7, 11) is 2.03. The number of hydrogen-bond acceptors (Lipinski definition) is 4. The van der Waals surface area contributed by atoms with Gasteiger partial charge in [0.1, 0.15) is 23.5 Å². The van der Waals surface area contributed by atoms with E-state index in [4.69, 9.17) is 4.74 Å². The number of piperidine rings is 1. The number of benzene rings is 1. The van der Waals surface area contributed by atoms with Crippen molar-refractivity contribution in [3.63, 3.8) is 0 Å². The molecule has 23 heavy (non-hydrogen) atoms. The molecule has 5 heteroatoms. The molecular weight excluding hydrogens is 288 g/mol. The molecule has 0 atom stereocenters. The summed E-state index contributed by atoms with van der Waals surface area (Å²) in [6.07, 6.45) is 2.43. The number of rotatable bonds is 4. The Kier molecular flexibility index (Phi) is 4.66. The molecule has 0 aliphatic carbocycles. The molecule has 1 saturated heterocycles. The minimum atomic E-state index is 0.313. The first-order chi connectivity index (χ1) is 11.0. The summed E-state index contributed by atoms with van der Waals surface area (Å²) in [6, 6.07) is 6.41. The summed E-state index contributed by atoms with van der Waals surface area (Å²) in [5.74, 6) is 3.04. The zero-order valence-electron chi connectivity index (χ0n) is 14.5. The minimum absolute atomic E-state index is 0.313. The Labute approximate surface area is 138 Å². The van der Waals surface area contributed by atoms with Gasteiger partial charge in [0.25, 0.3) is 0 Å². The van der Waals surface area contributed by atoms with E-state index in [0.717, 1.165) is 49.9 Å². The average molecular weight is 314 g/mol. The first-order valence-electron chi connectivity index (χ1n) is 8.34. The standard InChI is InChI=1S/C18H26N4O/c1-13-5-6-14(2)17(11-13)23-16-7-9-22(10-8-16)12-18-20-19-15(3)21(18)4/h5-6,11,16H,7-10,12H2,1-4H3. The Morgan fingerprint density at radius 1 is 1.13 bits per heavy atom. The molecule has 2 heterocycles. The fraction of sp³-hybridized carbons (Fsp3) is 0.556. The van der Waals surface area contributed by atoms with E-state index in [1.165, 1.54) is 11.1 Å². The second kappa shape index (κ2) is 6.71. The highest BCUT2D eigenvalue weighted by Crippen LogP contribution is 2.24. The summed E-state index contributed by atoms with van der Waals surface area (Å²) < 4.78 is 8.30. The molecule has 1 aromatic heterocycles. The average Bonchev–Trinajstić information content (AvgIpc) is 2.85. The molecule has 1 fully saturated rings. The zero-order chi connectivity index (χ0) is 16.4. The van der Waals surface area contributed by atoms with Crippen molar-refractivity contribution in [2.45, 2.75) is 46.3 Å². The van der Waals surface area contributed by atoms with Gasteiger partial charge in [-0.05, 0) is 50.8 Å². The van der Waals surface area contributed by atoms with Crippen molar-refractivity contribution in [2.24, 2.45) is 7.05 Å². The Morgan fingerprint density at radius 2 is 1.87 bits per heavy atom. The van der Waals surface area contributed by atoms with Gasteiger partial charge in [-0.1, -0.05) is 12.1 Å². The van der Waals surface area contributed by atoms with Gasteiger partial charge in [-0.2, -0.15) is 0 Å². The van der Waals surface area contributed by atoms with Crippen LogP contribution in [0, 0.1) is 20.8 Å². The lowest BCUT2D eigenvalue weighted by atomic mass is 10.1. The van der Waals surface area contributed by atoms with Gasteiger partial charge in [-0.25, -0.2) is 0 Å². The first kappa shape index (κ1) is 16.0. The van der Waals surface area contributed by atoms with Crippen LogP contribution in [0.2, 0.25) is 0 Å². The Bertz CT molecular complexity index is 672. The molecule has 0 spiro atoms. The van der Waals surface area contributed by atoms with Crippen LogP contribution in [-0.2, 0) is 13.6 Å². The van der Waals surface area contributed by atoms with Crippen LogP contribution in [0.25, 0.3) is 0 Å². The van der Waals surface area contributed by atoms with Gasteiger partial charge in [-0.15, -0.1) is 10.2 Å². The van der Waals surface area contributed by atoms with E-state index in [0.29, 0.717) is 6.10 Å². The van der Waals surface area contributed by atoms with Gasteiger partial charge in [0.05, 0.1) is 6.54 Å². The summed E-state index contributed by atoms with van der Waals surface area (Å²) in [5, 5.41) is 8.39. The molecule has 2 aromatic rings. The van der Waals surface area contributed by atoms with Gasteiger partial charge in [-0.3, -0.25) is 4.90 Å². The summed E-state index contributed by atoms with van der Waals surface area (Å²) in [6.45, 7) is 9.16. The maximum absolute atomic E-state index is 6.23. The number of likely N-dealkylation sites (tertiary alicyclic amines) is 1. The molecule has 1 aliphatic heterocycles. The van der Waals surface area contributed by atoms with Gasteiger partial charge in [0, 0.05) is 20.1 Å². The highest BCUT2D eigenvalue weighted by Gasteiger charge is 2.22. The van der Waals surface area contributed by atoms with Gasteiger partial charge >= 0.3 is 0 Å². The van der Waals surface area contributed by atoms with E-state index < -0.39 is 0 Å². The molecular formula is C18H26N4O. The summed E-state index contributed by atoms with van der Waals surface area (Å²) in [5.41, 5.74) is 2.47. The van der Waals surface area contributed by atoms with Crippen LogP contribution in [0.1, 0.15) is 35.6 Å². The van der Waals surface area contributed by atoms with Gasteiger partial charge in [0.2, 0.25) is 0 Å². The van der Waals surface area contributed by atoms with Crippen LogP contribution in [-0.4, -0.2) is 38.9 Å². The normalized spacial score (nSPS) is 16.7. The molecule has 0 bridgehead atoms. The SMILES string of the molecule is Cc1ccc(C)c(OC2CCN(Cc3nnc(C)n3C)CC2)c1. The van der Waals surface area contributed by atoms with Crippen LogP contribution in [0.5, 0.6) is 5.75 Å². The summed E-state index contributed by atoms with van der Waals surface area (Å²) >= 11 is 0. The molecule has 0 saturated carbocycles. The predicted octanol–water partition coefficient (Wildman–Crippen LogP) is 2.78. The van der Waals surface area contributed by atoms with E-state index in [-0.39, 0.29) is 0 Å². The van der Waals surface area contributed by atoms with Crippen molar-refractivity contribution in [3.8, 4) is 5.75 Å². The molecule has 1 aliphatic rings.